The van der Waals surface area contributed by atoms with E-state index in [1.165, 1.54) is 70.2 Å². The summed E-state index contributed by atoms with van der Waals surface area (Å²) in [6.45, 7) is 0. The van der Waals surface area contributed by atoms with E-state index in [9.17, 15) is 0 Å². The number of hydrogen-bond donors (Lipinski definition) is 0. The molecule has 0 radical (unpaired) electrons. The molecule has 0 aliphatic heterocycles. The highest BCUT2D eigenvalue weighted by Gasteiger charge is 2.18. The van der Waals surface area contributed by atoms with Crippen LogP contribution in [0.4, 0.5) is 0 Å². The van der Waals surface area contributed by atoms with E-state index in [1.807, 2.05) is 0 Å². The molecule has 1 heterocycles. The van der Waals surface area contributed by atoms with Crippen molar-refractivity contribution in [3.63, 3.8) is 0 Å². The highest BCUT2D eigenvalue weighted by Crippen LogP contribution is 2.41. The normalized spacial score (nSPS) is 11.7. The minimum atomic E-state index is 0.703. The van der Waals surface area contributed by atoms with Gasteiger partial charge in [-0.2, -0.15) is 0 Å². The van der Waals surface area contributed by atoms with Gasteiger partial charge in [0.15, 0.2) is 5.82 Å². The lowest BCUT2D eigenvalue weighted by Crippen LogP contribution is -1.97. The molecule has 0 aliphatic carbocycles. The van der Waals surface area contributed by atoms with Gasteiger partial charge in [0.2, 0.25) is 0 Å². The third-order valence-corrected chi connectivity index (χ3v) is 11.0. The van der Waals surface area contributed by atoms with E-state index in [2.05, 4.69) is 194 Å². The van der Waals surface area contributed by atoms with E-state index in [1.54, 1.807) is 0 Å². The molecule has 0 saturated heterocycles. The van der Waals surface area contributed by atoms with Crippen LogP contribution >= 0.6 is 0 Å². The maximum absolute atomic E-state index is 5.40. The molecule has 2 nitrogen and oxygen atoms in total. The molecule has 2 heteroatoms. The van der Waals surface area contributed by atoms with Crippen LogP contribution in [0.5, 0.6) is 0 Å². The topological polar surface area (TPSA) is 25.8 Å². The van der Waals surface area contributed by atoms with Gasteiger partial charge in [-0.05, 0) is 94.0 Å². The van der Waals surface area contributed by atoms with Crippen LogP contribution in [0.2, 0.25) is 0 Å². The molecule has 0 amide bonds. The van der Waals surface area contributed by atoms with Crippen molar-refractivity contribution in [2.24, 2.45) is 0 Å². The third kappa shape index (κ3) is 4.96. The number of hydrogen-bond acceptors (Lipinski definition) is 2. The summed E-state index contributed by atoms with van der Waals surface area (Å²) in [6.07, 6.45) is 0. The Labute approximate surface area is 312 Å². The fourth-order valence-corrected chi connectivity index (χ4v) is 8.38. The van der Waals surface area contributed by atoms with Crippen molar-refractivity contribution in [3.05, 3.63) is 194 Å². The maximum atomic E-state index is 5.40. The van der Waals surface area contributed by atoms with Crippen molar-refractivity contribution in [2.45, 2.75) is 0 Å². The zero-order valence-corrected chi connectivity index (χ0v) is 29.4. The fourth-order valence-electron chi connectivity index (χ4n) is 8.38. The molecule has 11 aromatic rings. The van der Waals surface area contributed by atoms with Gasteiger partial charge in [-0.25, -0.2) is 9.97 Å². The summed E-state index contributed by atoms with van der Waals surface area (Å²) in [5.74, 6) is 0.703. The van der Waals surface area contributed by atoms with Crippen molar-refractivity contribution in [2.75, 3.05) is 0 Å². The van der Waals surface area contributed by atoms with E-state index in [-0.39, 0.29) is 0 Å². The Bertz CT molecular complexity index is 3250. The first-order valence-corrected chi connectivity index (χ1v) is 18.5. The van der Waals surface area contributed by atoms with Gasteiger partial charge in [0.05, 0.1) is 11.4 Å². The van der Waals surface area contributed by atoms with Crippen molar-refractivity contribution in [1.29, 1.82) is 0 Å². The Balaban J connectivity index is 1.15. The minimum absolute atomic E-state index is 0.703. The Morgan fingerprint density at radius 2 is 0.722 bits per heavy atom. The molecule has 10 aromatic carbocycles. The summed E-state index contributed by atoms with van der Waals surface area (Å²) in [5.41, 5.74) is 7.31. The van der Waals surface area contributed by atoms with Crippen molar-refractivity contribution in [1.82, 2.24) is 9.97 Å². The predicted molar refractivity (Wildman–Crippen MR) is 229 cm³/mol. The number of benzene rings is 10. The van der Waals surface area contributed by atoms with Crippen LogP contribution in [0.15, 0.2) is 194 Å². The second-order valence-corrected chi connectivity index (χ2v) is 14.1. The maximum Gasteiger partial charge on any atom is 0.160 e. The summed E-state index contributed by atoms with van der Waals surface area (Å²) in [6, 6.07) is 69.9. The van der Waals surface area contributed by atoms with Crippen LogP contribution in [0.3, 0.4) is 0 Å². The molecule has 0 unspecified atom stereocenters. The molecular weight excluding hydrogens is 653 g/mol. The summed E-state index contributed by atoms with van der Waals surface area (Å²) in [5, 5.41) is 14.7. The van der Waals surface area contributed by atoms with Crippen molar-refractivity contribution < 1.29 is 0 Å². The largest absolute Gasteiger partial charge is 0.228 e. The number of aromatic nitrogens is 2. The lowest BCUT2D eigenvalue weighted by molar-refractivity contribution is 1.19. The van der Waals surface area contributed by atoms with Gasteiger partial charge in [-0.3, -0.25) is 0 Å². The molecule has 0 spiro atoms. The standard InChI is InChI=1S/C52H32N2/c1-2-10-33(11-3-1)34-18-20-37(21-19-34)52-53-49(40-25-26-43-39(30-40)24-28-45-41-15-7-4-12-35(41)22-27-46(43)45)32-50(54-52)51-44-17-9-6-14-38(44)31-48-42-16-8-5-13-36(42)23-29-47(48)51/h1-32H. The Hall–Kier alpha value is -7.16. The van der Waals surface area contributed by atoms with Crippen LogP contribution < -0.4 is 0 Å². The van der Waals surface area contributed by atoms with E-state index >= 15 is 0 Å². The average molecular weight is 685 g/mol. The van der Waals surface area contributed by atoms with Crippen molar-refractivity contribution in [3.8, 4) is 45.0 Å². The Kier molecular flexibility index (Phi) is 6.90. The molecule has 0 bridgehead atoms. The van der Waals surface area contributed by atoms with Crippen LogP contribution in [0, 0.1) is 0 Å². The lowest BCUT2D eigenvalue weighted by atomic mass is 9.91. The third-order valence-electron chi connectivity index (χ3n) is 11.0. The quantitative estimate of drug-likeness (QED) is 0.136. The van der Waals surface area contributed by atoms with E-state index < -0.39 is 0 Å². The summed E-state index contributed by atoms with van der Waals surface area (Å²) < 4.78 is 0. The molecular formula is C52H32N2. The first kappa shape index (κ1) is 30.5. The number of rotatable bonds is 4. The molecule has 0 N–H and O–H groups in total. The zero-order chi connectivity index (χ0) is 35.6. The molecule has 54 heavy (non-hydrogen) atoms. The molecule has 0 fully saturated rings. The van der Waals surface area contributed by atoms with E-state index in [0.717, 1.165) is 33.6 Å². The van der Waals surface area contributed by atoms with Gasteiger partial charge in [0.1, 0.15) is 0 Å². The molecule has 1 aromatic heterocycles. The Morgan fingerprint density at radius 1 is 0.241 bits per heavy atom. The number of nitrogens with zero attached hydrogens (tertiary/aromatic N) is 2. The van der Waals surface area contributed by atoms with Crippen LogP contribution in [-0.4, -0.2) is 9.97 Å². The summed E-state index contributed by atoms with van der Waals surface area (Å²) in [7, 11) is 0. The minimum Gasteiger partial charge on any atom is -0.228 e. The monoisotopic (exact) mass is 684 g/mol. The van der Waals surface area contributed by atoms with Crippen LogP contribution in [-0.2, 0) is 0 Å². The first-order valence-electron chi connectivity index (χ1n) is 18.5. The molecule has 0 aliphatic rings. The molecule has 11 rings (SSSR count). The zero-order valence-electron chi connectivity index (χ0n) is 29.4. The smallest absolute Gasteiger partial charge is 0.160 e. The highest BCUT2D eigenvalue weighted by atomic mass is 14.9. The van der Waals surface area contributed by atoms with Gasteiger partial charge in [0, 0.05) is 16.7 Å². The molecule has 0 saturated carbocycles. The van der Waals surface area contributed by atoms with Crippen LogP contribution in [0.1, 0.15) is 0 Å². The Morgan fingerprint density at radius 3 is 1.46 bits per heavy atom. The van der Waals surface area contributed by atoms with Gasteiger partial charge >= 0.3 is 0 Å². The van der Waals surface area contributed by atoms with E-state index in [0.29, 0.717) is 5.82 Å². The SMILES string of the molecule is c1ccc(-c2ccc(-c3nc(-c4ccc5c(ccc6c7ccccc7ccc56)c4)cc(-c4c5ccccc5cc5c4ccc4ccccc45)n3)cc2)cc1. The average Bonchev–Trinajstić information content (AvgIpc) is 3.25. The second-order valence-electron chi connectivity index (χ2n) is 14.1. The highest BCUT2D eigenvalue weighted by molar-refractivity contribution is 6.20. The molecule has 250 valence electrons. The van der Waals surface area contributed by atoms with Crippen LogP contribution in [0.25, 0.3) is 110 Å². The fraction of sp³-hybridized carbons (Fsp3) is 0. The molecule has 0 atom stereocenters. The lowest BCUT2D eigenvalue weighted by Gasteiger charge is -2.16. The van der Waals surface area contributed by atoms with Gasteiger partial charge in [-0.15, -0.1) is 0 Å². The second kappa shape index (κ2) is 12.2. The summed E-state index contributed by atoms with van der Waals surface area (Å²) in [4.78, 5) is 10.7. The van der Waals surface area contributed by atoms with Gasteiger partial charge < -0.3 is 0 Å². The predicted octanol–water partition coefficient (Wildman–Crippen LogP) is 14.1. The van der Waals surface area contributed by atoms with E-state index in [4.69, 9.17) is 9.97 Å². The summed E-state index contributed by atoms with van der Waals surface area (Å²) >= 11 is 0. The first-order chi connectivity index (χ1) is 26.7. The van der Waals surface area contributed by atoms with Gasteiger partial charge in [0.25, 0.3) is 0 Å². The number of fused-ring (bicyclic) bond motifs is 9. The van der Waals surface area contributed by atoms with Gasteiger partial charge in [-0.1, -0.05) is 176 Å². The van der Waals surface area contributed by atoms with Crippen molar-refractivity contribution >= 4 is 64.6 Å².